The molecule has 9 heavy (non-hydrogen) atoms. The number of hydrogen-bond acceptors (Lipinski definition) is 2. The van der Waals surface area contributed by atoms with Gasteiger partial charge in [0.15, 0.2) is 0 Å². The summed E-state index contributed by atoms with van der Waals surface area (Å²) in [6.07, 6.45) is 1.01. The Morgan fingerprint density at radius 1 is 1.44 bits per heavy atom. The number of hydrogen-bond donors (Lipinski definition) is 0. The number of rotatable bonds is 4. The summed E-state index contributed by atoms with van der Waals surface area (Å²) in [7, 11) is 0. The molecule has 2 heteroatoms. The van der Waals surface area contributed by atoms with Crippen molar-refractivity contribution in [1.29, 1.82) is 0 Å². The van der Waals surface area contributed by atoms with E-state index >= 15 is 0 Å². The molecule has 0 saturated carbocycles. The summed E-state index contributed by atoms with van der Waals surface area (Å²) >= 11 is 0. The molecule has 0 unspecified atom stereocenters. The predicted molar refractivity (Wildman–Crippen MR) is 40.1 cm³/mol. The Kier molecular flexibility index (Phi) is 4.72. The minimum absolute atomic E-state index is 0.618. The van der Waals surface area contributed by atoms with Gasteiger partial charge in [-0.3, -0.25) is 0 Å². The van der Waals surface area contributed by atoms with Crippen LogP contribution >= 0.6 is 0 Å². The van der Waals surface area contributed by atoms with Crippen LogP contribution in [0.1, 0.15) is 27.2 Å². The Morgan fingerprint density at radius 3 is 2.33 bits per heavy atom. The van der Waals surface area contributed by atoms with Crippen LogP contribution in [0.2, 0.25) is 0 Å². The molecule has 0 aromatic carbocycles. The fourth-order valence-corrected chi connectivity index (χ4v) is 0.560. The lowest BCUT2D eigenvalue weighted by atomic mass is 10.1. The third kappa shape index (κ3) is 5.80. The number of hydroxylamine groups is 2. The highest BCUT2D eigenvalue weighted by molar-refractivity contribution is 4.55. The molecule has 0 bridgehead atoms. The van der Waals surface area contributed by atoms with Gasteiger partial charge in [-0.1, -0.05) is 20.8 Å². The zero-order chi connectivity index (χ0) is 7.28. The molecule has 0 heterocycles. The van der Waals surface area contributed by atoms with E-state index in [0.717, 1.165) is 11.5 Å². The molecule has 0 N–H and O–H groups in total. The van der Waals surface area contributed by atoms with Crippen LogP contribution in [-0.4, -0.2) is 18.2 Å². The highest BCUT2D eigenvalue weighted by atomic mass is 16.5. The van der Waals surface area contributed by atoms with Gasteiger partial charge in [0.25, 0.3) is 0 Å². The van der Waals surface area contributed by atoms with Gasteiger partial charge >= 0.3 is 0 Å². The van der Waals surface area contributed by atoms with Crippen molar-refractivity contribution in [2.24, 2.45) is 5.92 Å². The molecule has 56 valence electrons. The Morgan fingerprint density at radius 2 is 2.00 bits per heavy atom. The van der Waals surface area contributed by atoms with E-state index < -0.39 is 0 Å². The lowest BCUT2D eigenvalue weighted by Gasteiger charge is -2.26. The van der Waals surface area contributed by atoms with E-state index in [4.69, 9.17) is 0 Å². The average Bonchev–Trinajstić information content (AvgIpc) is 1.83. The minimum Gasteiger partial charge on any atom is -0.785 e. The van der Waals surface area contributed by atoms with Crippen LogP contribution in [0.15, 0.2) is 0 Å². The zero-order valence-electron chi connectivity index (χ0n) is 6.55. The summed E-state index contributed by atoms with van der Waals surface area (Å²) in [6.45, 7) is 7.45. The Balaban J connectivity index is 3.06. The van der Waals surface area contributed by atoms with Gasteiger partial charge in [0.1, 0.15) is 0 Å². The van der Waals surface area contributed by atoms with Crippen molar-refractivity contribution in [2.75, 3.05) is 13.1 Å². The zero-order valence-corrected chi connectivity index (χ0v) is 6.55. The fraction of sp³-hybridized carbons (Fsp3) is 1.00. The van der Waals surface area contributed by atoms with E-state index in [0.29, 0.717) is 19.0 Å². The molecule has 0 atom stereocenters. The first-order chi connectivity index (χ1) is 4.16. The summed E-state index contributed by atoms with van der Waals surface area (Å²) in [5.74, 6) is 0.646. The van der Waals surface area contributed by atoms with Gasteiger partial charge in [-0.2, -0.15) is 0 Å². The maximum absolute atomic E-state index is 10.6. The monoisotopic (exact) mass is 130 g/mol. The van der Waals surface area contributed by atoms with Gasteiger partial charge in [0.2, 0.25) is 0 Å². The summed E-state index contributed by atoms with van der Waals surface area (Å²) < 4.78 is 0. The van der Waals surface area contributed by atoms with Crippen molar-refractivity contribution in [3.8, 4) is 0 Å². The average molecular weight is 130 g/mol. The Hall–Kier alpha value is -0.0800. The second-order valence-corrected chi connectivity index (χ2v) is 2.70. The highest BCUT2D eigenvalue weighted by Crippen LogP contribution is 1.99. The molecule has 0 spiro atoms. The maximum atomic E-state index is 10.6. The molecule has 0 radical (unpaired) electrons. The molecular formula is C7H16NO-. The lowest BCUT2D eigenvalue weighted by Crippen LogP contribution is -2.17. The van der Waals surface area contributed by atoms with Crippen LogP contribution in [0.5, 0.6) is 0 Å². The SMILES string of the molecule is CCN([O-])CCC(C)C. The van der Waals surface area contributed by atoms with Crippen molar-refractivity contribution < 1.29 is 0 Å². The Labute approximate surface area is 57.4 Å². The molecule has 0 saturated heterocycles. The van der Waals surface area contributed by atoms with Crippen molar-refractivity contribution in [3.05, 3.63) is 5.21 Å². The summed E-state index contributed by atoms with van der Waals surface area (Å²) in [5.41, 5.74) is 0. The third-order valence-corrected chi connectivity index (χ3v) is 1.31. The van der Waals surface area contributed by atoms with Crippen molar-refractivity contribution >= 4 is 0 Å². The molecule has 0 aromatic heterocycles. The smallest absolute Gasteiger partial charge is 0.0142 e. The van der Waals surface area contributed by atoms with Crippen LogP contribution in [0.4, 0.5) is 0 Å². The largest absolute Gasteiger partial charge is 0.785 e. The second kappa shape index (κ2) is 4.77. The van der Waals surface area contributed by atoms with Crippen molar-refractivity contribution in [3.63, 3.8) is 0 Å². The third-order valence-electron chi connectivity index (χ3n) is 1.31. The molecule has 0 aromatic rings. The van der Waals surface area contributed by atoms with Crippen LogP contribution in [-0.2, 0) is 0 Å². The molecule has 0 rings (SSSR count). The maximum Gasteiger partial charge on any atom is -0.0142 e. The molecule has 0 aliphatic rings. The minimum atomic E-state index is 0.618. The topological polar surface area (TPSA) is 26.3 Å². The molecular weight excluding hydrogens is 114 g/mol. The summed E-state index contributed by atoms with van der Waals surface area (Å²) in [6, 6.07) is 0. The van der Waals surface area contributed by atoms with E-state index in [9.17, 15) is 5.21 Å². The predicted octanol–water partition coefficient (Wildman–Crippen LogP) is 1.85. The van der Waals surface area contributed by atoms with Gasteiger partial charge in [-0.25, -0.2) is 0 Å². The van der Waals surface area contributed by atoms with Gasteiger partial charge in [-0.05, 0) is 25.4 Å². The molecule has 0 amide bonds. The van der Waals surface area contributed by atoms with E-state index in [1.807, 2.05) is 6.92 Å². The van der Waals surface area contributed by atoms with E-state index in [1.165, 1.54) is 0 Å². The second-order valence-electron chi connectivity index (χ2n) is 2.70. The van der Waals surface area contributed by atoms with E-state index in [2.05, 4.69) is 13.8 Å². The lowest BCUT2D eigenvalue weighted by molar-refractivity contribution is 0.362. The fourth-order valence-electron chi connectivity index (χ4n) is 0.560. The molecule has 0 aliphatic heterocycles. The summed E-state index contributed by atoms with van der Waals surface area (Å²) in [5, 5.41) is 11.7. The van der Waals surface area contributed by atoms with Crippen LogP contribution in [0, 0.1) is 11.1 Å². The van der Waals surface area contributed by atoms with Gasteiger partial charge in [-0.15, -0.1) is 0 Å². The molecule has 2 nitrogen and oxygen atoms in total. The number of nitrogens with zero attached hydrogens (tertiary/aromatic N) is 1. The van der Waals surface area contributed by atoms with Crippen LogP contribution in [0.3, 0.4) is 0 Å². The van der Waals surface area contributed by atoms with Gasteiger partial charge in [0.05, 0.1) is 0 Å². The first-order valence-electron chi connectivity index (χ1n) is 3.59. The quantitative estimate of drug-likeness (QED) is 0.543. The van der Waals surface area contributed by atoms with E-state index in [-0.39, 0.29) is 0 Å². The van der Waals surface area contributed by atoms with Crippen LogP contribution in [0.25, 0.3) is 0 Å². The van der Waals surface area contributed by atoms with Crippen molar-refractivity contribution in [1.82, 2.24) is 5.06 Å². The highest BCUT2D eigenvalue weighted by Gasteiger charge is 1.92. The Bertz CT molecular complexity index is 63.9. The van der Waals surface area contributed by atoms with Crippen molar-refractivity contribution in [2.45, 2.75) is 27.2 Å². The molecule has 0 fully saturated rings. The standard InChI is InChI=1S/C7H16NO/c1-4-8(9)6-5-7(2)3/h7H,4-6H2,1-3H3/q-1. The molecule has 0 aliphatic carbocycles. The first-order valence-corrected chi connectivity index (χ1v) is 3.59. The van der Waals surface area contributed by atoms with E-state index in [1.54, 1.807) is 0 Å². The van der Waals surface area contributed by atoms with Gasteiger partial charge < -0.3 is 10.3 Å². The summed E-state index contributed by atoms with van der Waals surface area (Å²) in [4.78, 5) is 0. The first kappa shape index (κ1) is 8.92. The van der Waals surface area contributed by atoms with Gasteiger partial charge in [0, 0.05) is 0 Å². The van der Waals surface area contributed by atoms with Crippen LogP contribution < -0.4 is 0 Å². The normalized spacial score (nSPS) is 11.3.